The molecule has 1 N–H and O–H groups in total. The van der Waals surface area contributed by atoms with Crippen LogP contribution in [0.1, 0.15) is 11.1 Å². The molecule has 2 nitrogen and oxygen atoms in total. The van der Waals surface area contributed by atoms with Gasteiger partial charge in [0.2, 0.25) is 0 Å². The van der Waals surface area contributed by atoms with Gasteiger partial charge in [-0.15, -0.1) is 0 Å². The minimum atomic E-state index is 0.370. The van der Waals surface area contributed by atoms with Crippen molar-refractivity contribution in [1.29, 1.82) is 0 Å². The van der Waals surface area contributed by atoms with Gasteiger partial charge in [0.1, 0.15) is 11.5 Å². The molecule has 2 heteroatoms. The zero-order valence-electron chi connectivity index (χ0n) is 6.42. The molecule has 0 aliphatic carbocycles. The summed E-state index contributed by atoms with van der Waals surface area (Å²) in [5.41, 5.74) is 2.12. The average Bonchev–Trinajstić information content (AvgIpc) is 2.45. The standard InChI is InChI=1S/C9H10O2/c1-6-7-4-5-11-9(7)3-2-8(6)10/h2-3,10H,4-5H2,1H3. The molecule has 11 heavy (non-hydrogen) atoms. The summed E-state index contributed by atoms with van der Waals surface area (Å²) in [5.74, 6) is 1.30. The van der Waals surface area contributed by atoms with Crippen LogP contribution in [0.4, 0.5) is 0 Å². The Morgan fingerprint density at radius 1 is 1.45 bits per heavy atom. The lowest BCUT2D eigenvalue weighted by Gasteiger charge is -2.03. The first-order valence-corrected chi connectivity index (χ1v) is 3.73. The van der Waals surface area contributed by atoms with Gasteiger partial charge in [-0.25, -0.2) is 0 Å². The summed E-state index contributed by atoms with van der Waals surface area (Å²) in [7, 11) is 0. The molecule has 1 aromatic carbocycles. The molecule has 0 saturated carbocycles. The van der Waals surface area contributed by atoms with E-state index in [1.807, 2.05) is 13.0 Å². The van der Waals surface area contributed by atoms with Crippen molar-refractivity contribution in [2.45, 2.75) is 13.3 Å². The Morgan fingerprint density at radius 2 is 2.27 bits per heavy atom. The minimum absolute atomic E-state index is 0.370. The topological polar surface area (TPSA) is 29.5 Å². The highest BCUT2D eigenvalue weighted by molar-refractivity contribution is 5.48. The molecule has 2 rings (SSSR count). The van der Waals surface area contributed by atoms with E-state index < -0.39 is 0 Å². The van der Waals surface area contributed by atoms with E-state index in [0.29, 0.717) is 5.75 Å². The normalized spacial score (nSPS) is 14.3. The predicted molar refractivity (Wildman–Crippen MR) is 42.0 cm³/mol. The number of phenolic OH excluding ortho intramolecular Hbond substituents is 1. The molecular formula is C9H10O2. The quantitative estimate of drug-likeness (QED) is 0.609. The van der Waals surface area contributed by atoms with Crippen LogP contribution in [-0.4, -0.2) is 11.7 Å². The third kappa shape index (κ3) is 0.862. The first-order valence-electron chi connectivity index (χ1n) is 3.73. The van der Waals surface area contributed by atoms with E-state index in [2.05, 4.69) is 0 Å². The summed E-state index contributed by atoms with van der Waals surface area (Å²) in [6.07, 6.45) is 0.926. The van der Waals surface area contributed by atoms with Crippen LogP contribution in [0.25, 0.3) is 0 Å². The molecule has 58 valence electrons. The molecule has 0 spiro atoms. The van der Waals surface area contributed by atoms with E-state index in [1.165, 1.54) is 0 Å². The van der Waals surface area contributed by atoms with Crippen molar-refractivity contribution < 1.29 is 9.84 Å². The highest BCUT2D eigenvalue weighted by Gasteiger charge is 2.15. The van der Waals surface area contributed by atoms with Crippen LogP contribution in [0, 0.1) is 6.92 Å². The van der Waals surface area contributed by atoms with Gasteiger partial charge in [0.05, 0.1) is 6.61 Å². The van der Waals surface area contributed by atoms with E-state index >= 15 is 0 Å². The molecule has 0 amide bonds. The average molecular weight is 150 g/mol. The number of hydrogen-bond acceptors (Lipinski definition) is 2. The largest absolute Gasteiger partial charge is 0.508 e. The Morgan fingerprint density at radius 3 is 3.09 bits per heavy atom. The van der Waals surface area contributed by atoms with Gasteiger partial charge in [-0.05, 0) is 24.6 Å². The Kier molecular flexibility index (Phi) is 1.28. The number of ether oxygens (including phenoxy) is 1. The van der Waals surface area contributed by atoms with Crippen molar-refractivity contribution in [3.8, 4) is 11.5 Å². The van der Waals surface area contributed by atoms with Gasteiger partial charge in [0, 0.05) is 12.0 Å². The first kappa shape index (κ1) is 6.53. The van der Waals surface area contributed by atoms with Crippen molar-refractivity contribution in [3.05, 3.63) is 23.3 Å². The monoisotopic (exact) mass is 150 g/mol. The van der Waals surface area contributed by atoms with E-state index in [9.17, 15) is 5.11 Å². The number of benzene rings is 1. The van der Waals surface area contributed by atoms with Gasteiger partial charge in [0.25, 0.3) is 0 Å². The van der Waals surface area contributed by atoms with Crippen LogP contribution in [0.15, 0.2) is 12.1 Å². The maximum Gasteiger partial charge on any atom is 0.123 e. The second-order valence-corrected chi connectivity index (χ2v) is 2.78. The van der Waals surface area contributed by atoms with Gasteiger partial charge < -0.3 is 9.84 Å². The van der Waals surface area contributed by atoms with Crippen LogP contribution in [0.3, 0.4) is 0 Å². The maximum atomic E-state index is 9.33. The van der Waals surface area contributed by atoms with Gasteiger partial charge in [-0.1, -0.05) is 0 Å². The van der Waals surface area contributed by atoms with E-state index in [0.717, 1.165) is 29.9 Å². The smallest absolute Gasteiger partial charge is 0.123 e. The fourth-order valence-corrected chi connectivity index (χ4v) is 1.43. The van der Waals surface area contributed by atoms with Gasteiger partial charge >= 0.3 is 0 Å². The lowest BCUT2D eigenvalue weighted by Crippen LogP contribution is -1.86. The van der Waals surface area contributed by atoms with Crippen LogP contribution < -0.4 is 4.74 Å². The molecule has 1 heterocycles. The third-order valence-corrected chi connectivity index (χ3v) is 2.14. The van der Waals surface area contributed by atoms with Crippen molar-refractivity contribution >= 4 is 0 Å². The fraction of sp³-hybridized carbons (Fsp3) is 0.333. The fourth-order valence-electron chi connectivity index (χ4n) is 1.43. The zero-order valence-corrected chi connectivity index (χ0v) is 6.42. The number of phenols is 1. The summed E-state index contributed by atoms with van der Waals surface area (Å²) in [5, 5.41) is 9.33. The maximum absolute atomic E-state index is 9.33. The molecule has 0 radical (unpaired) electrons. The third-order valence-electron chi connectivity index (χ3n) is 2.14. The predicted octanol–water partition coefficient (Wildman–Crippen LogP) is 1.64. The summed E-state index contributed by atoms with van der Waals surface area (Å²) in [6, 6.07) is 3.50. The molecule has 1 aromatic rings. The van der Waals surface area contributed by atoms with Crippen molar-refractivity contribution in [3.63, 3.8) is 0 Å². The molecular weight excluding hydrogens is 140 g/mol. The number of hydrogen-bond donors (Lipinski definition) is 1. The van der Waals surface area contributed by atoms with Crippen LogP contribution in [0.2, 0.25) is 0 Å². The SMILES string of the molecule is Cc1c(O)ccc2c1CCO2. The second-order valence-electron chi connectivity index (χ2n) is 2.78. The highest BCUT2D eigenvalue weighted by atomic mass is 16.5. The molecule has 0 fully saturated rings. The summed E-state index contributed by atoms with van der Waals surface area (Å²) in [4.78, 5) is 0. The lowest BCUT2D eigenvalue weighted by molar-refractivity contribution is 0.356. The lowest BCUT2D eigenvalue weighted by atomic mass is 10.1. The molecule has 0 bridgehead atoms. The van der Waals surface area contributed by atoms with Crippen LogP contribution in [-0.2, 0) is 6.42 Å². The summed E-state index contributed by atoms with van der Waals surface area (Å²) in [6.45, 7) is 2.67. The van der Waals surface area contributed by atoms with Gasteiger partial charge in [-0.3, -0.25) is 0 Å². The van der Waals surface area contributed by atoms with Crippen molar-refractivity contribution in [2.75, 3.05) is 6.61 Å². The van der Waals surface area contributed by atoms with Crippen LogP contribution in [0.5, 0.6) is 11.5 Å². The van der Waals surface area contributed by atoms with Crippen molar-refractivity contribution in [2.24, 2.45) is 0 Å². The van der Waals surface area contributed by atoms with Gasteiger partial charge in [-0.2, -0.15) is 0 Å². The molecule has 1 aliphatic heterocycles. The van der Waals surface area contributed by atoms with E-state index in [1.54, 1.807) is 6.07 Å². The van der Waals surface area contributed by atoms with Crippen LogP contribution >= 0.6 is 0 Å². The number of rotatable bonds is 0. The van der Waals surface area contributed by atoms with Crippen molar-refractivity contribution in [1.82, 2.24) is 0 Å². The molecule has 0 aromatic heterocycles. The second kappa shape index (κ2) is 2.16. The molecule has 0 saturated heterocycles. The van der Waals surface area contributed by atoms with E-state index in [-0.39, 0.29) is 0 Å². The Labute approximate surface area is 65.4 Å². The Bertz CT molecular complexity index is 292. The Balaban J connectivity index is 2.62. The zero-order chi connectivity index (χ0) is 7.84. The molecule has 1 aliphatic rings. The highest BCUT2D eigenvalue weighted by Crippen LogP contribution is 2.32. The van der Waals surface area contributed by atoms with E-state index in [4.69, 9.17) is 4.74 Å². The number of fused-ring (bicyclic) bond motifs is 1. The number of aromatic hydroxyl groups is 1. The molecule has 0 atom stereocenters. The summed E-state index contributed by atoms with van der Waals surface area (Å²) < 4.78 is 5.32. The molecule has 0 unspecified atom stereocenters. The minimum Gasteiger partial charge on any atom is -0.508 e. The first-order chi connectivity index (χ1) is 5.29. The van der Waals surface area contributed by atoms with Gasteiger partial charge in [0.15, 0.2) is 0 Å². The summed E-state index contributed by atoms with van der Waals surface area (Å²) >= 11 is 0. The Hall–Kier alpha value is -1.18.